The fourth-order valence-corrected chi connectivity index (χ4v) is 2.75. The lowest BCUT2D eigenvalue weighted by Crippen LogP contribution is -1.90. The Morgan fingerprint density at radius 1 is 0.960 bits per heavy atom. The number of nitro groups is 1. The lowest BCUT2D eigenvalue weighted by atomic mass is 10.0. The maximum absolute atomic E-state index is 10.9. The van der Waals surface area contributed by atoms with Crippen LogP contribution >= 0.6 is 0 Å². The van der Waals surface area contributed by atoms with Crippen LogP contribution in [0.4, 0.5) is 5.69 Å². The molecule has 0 radical (unpaired) electrons. The van der Waals surface area contributed by atoms with Crippen molar-refractivity contribution in [3.05, 3.63) is 76.7 Å². The van der Waals surface area contributed by atoms with Crippen molar-refractivity contribution in [2.24, 2.45) is 0 Å². The minimum atomic E-state index is -0.415. The van der Waals surface area contributed by atoms with Gasteiger partial charge in [-0.2, -0.15) is 0 Å². The number of nitrogens with zero attached hydrogens (tertiary/aromatic N) is 3. The minimum absolute atomic E-state index is 0.0497. The summed E-state index contributed by atoms with van der Waals surface area (Å²) in [7, 11) is 0. The largest absolute Gasteiger partial charge is 0.423 e. The molecule has 0 fully saturated rings. The predicted octanol–water partition coefficient (Wildman–Crippen LogP) is 4.77. The molecule has 4 aromatic rings. The molecule has 0 spiro atoms. The Kier molecular flexibility index (Phi) is 3.50. The molecular weight excluding hydrogens is 318 g/mol. The van der Waals surface area contributed by atoms with Crippen LogP contribution in [0.25, 0.3) is 33.6 Å². The minimum Gasteiger partial charge on any atom is -0.423 e. The average molecular weight is 331 g/mol. The summed E-state index contributed by atoms with van der Waals surface area (Å²) in [6.07, 6.45) is 0. The SMILES string of the molecule is Cc1nc2c(-c3ccc([N+](=O)[O-])cc3)cc(-c3ccccc3)nc2o1. The van der Waals surface area contributed by atoms with E-state index in [-0.39, 0.29) is 5.69 Å². The molecular formula is C19H13N3O3. The molecule has 25 heavy (non-hydrogen) atoms. The van der Waals surface area contributed by atoms with Crippen molar-refractivity contribution >= 4 is 16.9 Å². The van der Waals surface area contributed by atoms with Crippen LogP contribution in [-0.2, 0) is 0 Å². The second-order valence-electron chi connectivity index (χ2n) is 5.61. The van der Waals surface area contributed by atoms with E-state index in [9.17, 15) is 10.1 Å². The van der Waals surface area contributed by atoms with E-state index in [2.05, 4.69) is 9.97 Å². The summed E-state index contributed by atoms with van der Waals surface area (Å²) >= 11 is 0. The molecule has 0 aliphatic rings. The summed E-state index contributed by atoms with van der Waals surface area (Å²) in [6, 6.07) is 18.1. The summed E-state index contributed by atoms with van der Waals surface area (Å²) < 4.78 is 5.62. The van der Waals surface area contributed by atoms with Crippen LogP contribution in [0.2, 0.25) is 0 Å². The van der Waals surface area contributed by atoms with E-state index in [0.29, 0.717) is 17.1 Å². The monoisotopic (exact) mass is 331 g/mol. The zero-order chi connectivity index (χ0) is 17.4. The van der Waals surface area contributed by atoms with Gasteiger partial charge in [0, 0.05) is 30.2 Å². The maximum Gasteiger partial charge on any atom is 0.269 e. The predicted molar refractivity (Wildman–Crippen MR) is 94.1 cm³/mol. The topological polar surface area (TPSA) is 82.1 Å². The highest BCUT2D eigenvalue weighted by Crippen LogP contribution is 2.32. The fraction of sp³-hybridized carbons (Fsp3) is 0.0526. The van der Waals surface area contributed by atoms with Gasteiger partial charge in [-0.25, -0.2) is 9.97 Å². The van der Waals surface area contributed by atoms with Crippen molar-refractivity contribution in [1.29, 1.82) is 0 Å². The molecule has 0 saturated heterocycles. The van der Waals surface area contributed by atoms with Crippen LogP contribution in [0.3, 0.4) is 0 Å². The van der Waals surface area contributed by atoms with E-state index in [1.54, 1.807) is 19.1 Å². The number of non-ortho nitro benzene ring substituents is 1. The van der Waals surface area contributed by atoms with Gasteiger partial charge in [-0.3, -0.25) is 10.1 Å². The summed E-state index contributed by atoms with van der Waals surface area (Å²) in [5, 5.41) is 10.9. The molecule has 2 heterocycles. The molecule has 0 N–H and O–H groups in total. The number of pyridine rings is 1. The number of benzene rings is 2. The second kappa shape index (κ2) is 5.83. The van der Waals surface area contributed by atoms with Gasteiger partial charge < -0.3 is 4.42 Å². The summed E-state index contributed by atoms with van der Waals surface area (Å²) in [4.78, 5) is 19.4. The van der Waals surface area contributed by atoms with Crippen LogP contribution in [-0.4, -0.2) is 14.9 Å². The van der Waals surface area contributed by atoms with Crippen LogP contribution in [0, 0.1) is 17.0 Å². The molecule has 0 unspecified atom stereocenters. The molecule has 122 valence electrons. The molecule has 6 nitrogen and oxygen atoms in total. The molecule has 0 aliphatic carbocycles. The number of fused-ring (bicyclic) bond motifs is 1. The number of rotatable bonds is 3. The highest BCUT2D eigenvalue weighted by atomic mass is 16.6. The molecule has 0 atom stereocenters. The van der Waals surface area contributed by atoms with Gasteiger partial charge in [0.05, 0.1) is 10.6 Å². The first kappa shape index (κ1) is 15.0. The van der Waals surface area contributed by atoms with Gasteiger partial charge >= 0.3 is 0 Å². The van der Waals surface area contributed by atoms with Gasteiger partial charge in [-0.15, -0.1) is 0 Å². The Balaban J connectivity index is 1.93. The number of hydrogen-bond acceptors (Lipinski definition) is 5. The van der Waals surface area contributed by atoms with Crippen LogP contribution in [0.15, 0.2) is 65.1 Å². The standard InChI is InChI=1S/C19H13N3O3/c1-12-20-18-16(13-7-9-15(10-8-13)22(23)24)11-17(21-19(18)25-12)14-5-3-2-4-6-14/h2-11H,1H3. The van der Waals surface area contributed by atoms with Crippen molar-refractivity contribution in [2.45, 2.75) is 6.92 Å². The van der Waals surface area contributed by atoms with Gasteiger partial charge in [0.1, 0.15) is 5.52 Å². The third-order valence-electron chi connectivity index (χ3n) is 3.93. The Labute approximate surface area is 142 Å². The van der Waals surface area contributed by atoms with E-state index in [4.69, 9.17) is 4.42 Å². The van der Waals surface area contributed by atoms with Crippen molar-refractivity contribution in [2.75, 3.05) is 0 Å². The average Bonchev–Trinajstić information content (AvgIpc) is 3.02. The first-order chi connectivity index (χ1) is 12.1. The first-order valence-electron chi connectivity index (χ1n) is 7.70. The lowest BCUT2D eigenvalue weighted by Gasteiger charge is -2.06. The molecule has 4 rings (SSSR count). The van der Waals surface area contributed by atoms with E-state index in [1.165, 1.54) is 12.1 Å². The van der Waals surface area contributed by atoms with Gasteiger partial charge in [-0.1, -0.05) is 30.3 Å². The molecule has 0 aliphatic heterocycles. The highest BCUT2D eigenvalue weighted by molar-refractivity contribution is 5.91. The summed E-state index contributed by atoms with van der Waals surface area (Å²) in [5.74, 6) is 0.524. The maximum atomic E-state index is 10.9. The van der Waals surface area contributed by atoms with E-state index >= 15 is 0 Å². The van der Waals surface area contributed by atoms with E-state index in [0.717, 1.165) is 22.4 Å². The Hall–Kier alpha value is -3.54. The quantitative estimate of drug-likeness (QED) is 0.399. The van der Waals surface area contributed by atoms with Gasteiger partial charge in [0.2, 0.25) is 5.71 Å². The van der Waals surface area contributed by atoms with Crippen LogP contribution < -0.4 is 0 Å². The van der Waals surface area contributed by atoms with Crippen LogP contribution in [0.1, 0.15) is 5.89 Å². The molecule has 6 heteroatoms. The van der Waals surface area contributed by atoms with Gasteiger partial charge in [0.15, 0.2) is 5.89 Å². The third-order valence-corrected chi connectivity index (χ3v) is 3.93. The number of aryl methyl sites for hydroxylation is 1. The number of oxazole rings is 1. The van der Waals surface area contributed by atoms with Gasteiger partial charge in [0.25, 0.3) is 5.69 Å². The van der Waals surface area contributed by atoms with E-state index in [1.807, 2.05) is 36.4 Å². The lowest BCUT2D eigenvalue weighted by molar-refractivity contribution is -0.384. The first-order valence-corrected chi connectivity index (χ1v) is 7.70. The zero-order valence-electron chi connectivity index (χ0n) is 13.3. The smallest absolute Gasteiger partial charge is 0.269 e. The van der Waals surface area contributed by atoms with Gasteiger partial charge in [-0.05, 0) is 23.8 Å². The number of nitro benzene ring substituents is 1. The number of aromatic nitrogens is 2. The number of hydrogen-bond donors (Lipinski definition) is 0. The van der Waals surface area contributed by atoms with E-state index < -0.39 is 4.92 Å². The zero-order valence-corrected chi connectivity index (χ0v) is 13.3. The summed E-state index contributed by atoms with van der Waals surface area (Å²) in [6.45, 7) is 1.77. The fourth-order valence-electron chi connectivity index (χ4n) is 2.75. The van der Waals surface area contributed by atoms with Crippen molar-refractivity contribution in [1.82, 2.24) is 9.97 Å². The molecule has 0 bridgehead atoms. The molecule has 0 amide bonds. The summed E-state index contributed by atoms with van der Waals surface area (Å²) in [5.41, 5.74) is 4.52. The molecule has 0 saturated carbocycles. The normalized spacial score (nSPS) is 10.9. The third kappa shape index (κ3) is 2.74. The molecule has 2 aromatic heterocycles. The van der Waals surface area contributed by atoms with Crippen molar-refractivity contribution in [3.8, 4) is 22.4 Å². The molecule has 2 aromatic carbocycles. The van der Waals surface area contributed by atoms with Crippen molar-refractivity contribution < 1.29 is 9.34 Å². The van der Waals surface area contributed by atoms with Crippen LogP contribution in [0.5, 0.6) is 0 Å². The Bertz CT molecular complexity index is 1070. The Morgan fingerprint density at radius 2 is 1.68 bits per heavy atom. The highest BCUT2D eigenvalue weighted by Gasteiger charge is 2.15. The Morgan fingerprint density at radius 3 is 2.36 bits per heavy atom. The van der Waals surface area contributed by atoms with Crippen molar-refractivity contribution in [3.63, 3.8) is 0 Å². The second-order valence-corrected chi connectivity index (χ2v) is 5.61.